The predicted octanol–water partition coefficient (Wildman–Crippen LogP) is 2.90. The summed E-state index contributed by atoms with van der Waals surface area (Å²) >= 11 is 1.29. The van der Waals surface area contributed by atoms with Gasteiger partial charge in [0.25, 0.3) is 5.91 Å². The molecule has 0 spiro atoms. The maximum absolute atomic E-state index is 11.2. The number of aromatic nitrogens is 1. The summed E-state index contributed by atoms with van der Waals surface area (Å²) in [7, 11) is 0. The fourth-order valence-corrected chi connectivity index (χ4v) is 3.50. The molecule has 4 rings (SSSR count). The Bertz CT molecular complexity index is 915. The van der Waals surface area contributed by atoms with Gasteiger partial charge in [0.15, 0.2) is 0 Å². The fourth-order valence-electron chi connectivity index (χ4n) is 2.69. The summed E-state index contributed by atoms with van der Waals surface area (Å²) in [5.41, 5.74) is 11.2. The van der Waals surface area contributed by atoms with E-state index < -0.39 is 5.91 Å². The van der Waals surface area contributed by atoms with E-state index in [2.05, 4.69) is 20.9 Å². The molecule has 8 nitrogen and oxygen atoms in total. The standard InChI is InChI=1S/C18H19N5O3S/c19-18(24)16-6-5-15(27-16)14-11-17(26-22-14)20-12-1-3-13(4-2-12)21-23-7-9-25-10-8-23/h1-6,11,20-21H,7-10H2,(H2,19,24). The molecule has 0 aliphatic carbocycles. The first kappa shape index (κ1) is 17.5. The number of primary amides is 1. The Morgan fingerprint density at radius 2 is 1.85 bits per heavy atom. The van der Waals surface area contributed by atoms with Gasteiger partial charge < -0.3 is 25.7 Å². The molecule has 1 aliphatic rings. The van der Waals surface area contributed by atoms with Crippen LogP contribution in [0.2, 0.25) is 0 Å². The number of morpholine rings is 1. The van der Waals surface area contributed by atoms with E-state index in [-0.39, 0.29) is 0 Å². The third kappa shape index (κ3) is 4.27. The monoisotopic (exact) mass is 385 g/mol. The lowest BCUT2D eigenvalue weighted by atomic mass is 10.3. The molecule has 1 aliphatic heterocycles. The van der Waals surface area contributed by atoms with Crippen LogP contribution in [0.15, 0.2) is 47.0 Å². The first-order valence-electron chi connectivity index (χ1n) is 8.50. The first-order chi connectivity index (χ1) is 13.2. The van der Waals surface area contributed by atoms with Crippen molar-refractivity contribution in [3.8, 4) is 10.6 Å². The quantitative estimate of drug-likeness (QED) is 0.599. The van der Waals surface area contributed by atoms with Crippen LogP contribution in [0.5, 0.6) is 0 Å². The average Bonchev–Trinajstić information content (AvgIpc) is 3.34. The zero-order chi connectivity index (χ0) is 18.6. The largest absolute Gasteiger partial charge is 0.379 e. The van der Waals surface area contributed by atoms with E-state index in [4.69, 9.17) is 15.0 Å². The first-order valence-corrected chi connectivity index (χ1v) is 9.32. The van der Waals surface area contributed by atoms with Gasteiger partial charge in [0, 0.05) is 30.5 Å². The summed E-state index contributed by atoms with van der Waals surface area (Å²) in [5.74, 6) is 0.0757. The van der Waals surface area contributed by atoms with Gasteiger partial charge in [-0.05, 0) is 36.4 Å². The molecule has 3 aromatic rings. The summed E-state index contributed by atoms with van der Waals surface area (Å²) in [4.78, 5) is 12.5. The second kappa shape index (κ2) is 7.78. The highest BCUT2D eigenvalue weighted by atomic mass is 32.1. The van der Waals surface area contributed by atoms with Gasteiger partial charge in [-0.15, -0.1) is 11.3 Å². The van der Waals surface area contributed by atoms with Crippen molar-refractivity contribution in [3.05, 3.63) is 47.3 Å². The van der Waals surface area contributed by atoms with Crippen LogP contribution in [0.4, 0.5) is 17.3 Å². The number of ether oxygens (including phenoxy) is 1. The van der Waals surface area contributed by atoms with Crippen molar-refractivity contribution in [1.29, 1.82) is 0 Å². The van der Waals surface area contributed by atoms with Gasteiger partial charge in [-0.2, -0.15) is 0 Å². The van der Waals surface area contributed by atoms with Gasteiger partial charge in [-0.3, -0.25) is 4.79 Å². The number of carbonyl (C=O) groups is 1. The average molecular weight is 385 g/mol. The minimum atomic E-state index is -0.445. The summed E-state index contributed by atoms with van der Waals surface area (Å²) in [5, 5.41) is 9.35. The van der Waals surface area contributed by atoms with E-state index in [0.717, 1.165) is 42.6 Å². The van der Waals surface area contributed by atoms with E-state index in [0.29, 0.717) is 16.5 Å². The van der Waals surface area contributed by atoms with Crippen LogP contribution in [0.1, 0.15) is 9.67 Å². The lowest BCUT2D eigenvalue weighted by Crippen LogP contribution is -2.40. The molecule has 0 radical (unpaired) electrons. The Hall–Kier alpha value is -2.88. The highest BCUT2D eigenvalue weighted by Gasteiger charge is 2.12. The van der Waals surface area contributed by atoms with E-state index in [9.17, 15) is 4.79 Å². The van der Waals surface area contributed by atoms with Crippen LogP contribution in [-0.2, 0) is 4.74 Å². The lowest BCUT2D eigenvalue weighted by Gasteiger charge is -2.27. The van der Waals surface area contributed by atoms with Crippen LogP contribution < -0.4 is 16.5 Å². The minimum absolute atomic E-state index is 0.445. The number of carbonyl (C=O) groups excluding carboxylic acids is 1. The molecule has 4 N–H and O–H groups in total. The summed E-state index contributed by atoms with van der Waals surface area (Å²) in [6.45, 7) is 3.21. The van der Waals surface area contributed by atoms with Crippen molar-refractivity contribution in [2.24, 2.45) is 5.73 Å². The SMILES string of the molecule is NC(=O)c1ccc(-c2cc(Nc3ccc(NN4CCOCC4)cc3)on2)s1. The van der Waals surface area contributed by atoms with Gasteiger partial charge in [0.2, 0.25) is 5.88 Å². The van der Waals surface area contributed by atoms with Crippen LogP contribution in [0, 0.1) is 0 Å². The molecular weight excluding hydrogens is 366 g/mol. The Morgan fingerprint density at radius 1 is 1.11 bits per heavy atom. The number of benzene rings is 1. The highest BCUT2D eigenvalue weighted by Crippen LogP contribution is 2.30. The zero-order valence-electron chi connectivity index (χ0n) is 14.5. The van der Waals surface area contributed by atoms with E-state index in [1.807, 2.05) is 24.3 Å². The highest BCUT2D eigenvalue weighted by molar-refractivity contribution is 7.17. The molecular formula is C18H19N5O3S. The van der Waals surface area contributed by atoms with E-state index in [1.54, 1.807) is 18.2 Å². The molecule has 2 aromatic heterocycles. The van der Waals surface area contributed by atoms with Gasteiger partial charge in [0.05, 0.1) is 23.0 Å². The third-order valence-corrected chi connectivity index (χ3v) is 5.18. The number of nitrogens with zero attached hydrogens (tertiary/aromatic N) is 2. The molecule has 9 heteroatoms. The molecule has 1 aromatic carbocycles. The third-order valence-electron chi connectivity index (χ3n) is 4.06. The molecule has 0 bridgehead atoms. The Balaban J connectivity index is 1.39. The number of hydrogen-bond donors (Lipinski definition) is 3. The predicted molar refractivity (Wildman–Crippen MR) is 104 cm³/mol. The van der Waals surface area contributed by atoms with Gasteiger partial charge >= 0.3 is 0 Å². The number of rotatable bonds is 6. The summed E-state index contributed by atoms with van der Waals surface area (Å²) < 4.78 is 10.7. The number of hydrogen-bond acceptors (Lipinski definition) is 8. The van der Waals surface area contributed by atoms with Crippen molar-refractivity contribution in [2.45, 2.75) is 0 Å². The van der Waals surface area contributed by atoms with Gasteiger partial charge in [0.1, 0.15) is 5.69 Å². The maximum atomic E-state index is 11.2. The Morgan fingerprint density at radius 3 is 2.56 bits per heavy atom. The second-order valence-electron chi connectivity index (χ2n) is 6.02. The maximum Gasteiger partial charge on any atom is 0.258 e. The lowest BCUT2D eigenvalue weighted by molar-refractivity contribution is 0.0497. The number of nitrogens with one attached hydrogen (secondary N) is 2. The molecule has 1 saturated heterocycles. The number of anilines is 3. The summed E-state index contributed by atoms with van der Waals surface area (Å²) in [6.07, 6.45) is 0. The van der Waals surface area contributed by atoms with Crippen LogP contribution >= 0.6 is 11.3 Å². The molecule has 3 heterocycles. The van der Waals surface area contributed by atoms with Crippen molar-refractivity contribution in [1.82, 2.24) is 10.2 Å². The smallest absolute Gasteiger partial charge is 0.258 e. The van der Waals surface area contributed by atoms with Crippen molar-refractivity contribution < 1.29 is 14.1 Å². The van der Waals surface area contributed by atoms with Gasteiger partial charge in [-0.1, -0.05) is 5.16 Å². The Labute approximate surface area is 159 Å². The van der Waals surface area contributed by atoms with Crippen LogP contribution in [0.3, 0.4) is 0 Å². The summed E-state index contributed by atoms with van der Waals surface area (Å²) in [6, 6.07) is 13.2. The number of amides is 1. The number of hydrazine groups is 1. The van der Waals surface area contributed by atoms with Crippen LogP contribution in [0.25, 0.3) is 10.6 Å². The molecule has 1 amide bonds. The molecule has 27 heavy (non-hydrogen) atoms. The molecule has 140 valence electrons. The van der Waals surface area contributed by atoms with Crippen molar-refractivity contribution >= 4 is 34.5 Å². The molecule has 1 fully saturated rings. The van der Waals surface area contributed by atoms with Crippen LogP contribution in [-0.4, -0.2) is 42.4 Å². The van der Waals surface area contributed by atoms with E-state index in [1.165, 1.54) is 11.3 Å². The molecule has 0 unspecified atom stereocenters. The second-order valence-corrected chi connectivity index (χ2v) is 7.10. The number of thiophene rings is 1. The van der Waals surface area contributed by atoms with E-state index >= 15 is 0 Å². The number of nitrogens with two attached hydrogens (primary N) is 1. The molecule has 0 atom stereocenters. The zero-order valence-corrected chi connectivity index (χ0v) is 15.3. The van der Waals surface area contributed by atoms with Gasteiger partial charge in [-0.25, -0.2) is 5.01 Å². The van der Waals surface area contributed by atoms with Crippen molar-refractivity contribution in [2.75, 3.05) is 37.0 Å². The fraction of sp³-hybridized carbons (Fsp3) is 0.222. The minimum Gasteiger partial charge on any atom is -0.379 e. The van der Waals surface area contributed by atoms with Crippen molar-refractivity contribution in [3.63, 3.8) is 0 Å². The normalized spacial score (nSPS) is 14.8. The topological polar surface area (TPSA) is 106 Å². The Kier molecular flexibility index (Phi) is 5.05. The molecule has 0 saturated carbocycles.